The minimum Gasteiger partial charge on any atom is -0.508 e. The predicted octanol–water partition coefficient (Wildman–Crippen LogP) is 3.26. The second-order valence-corrected chi connectivity index (χ2v) is 7.11. The van der Waals surface area contributed by atoms with Crippen molar-refractivity contribution in [2.24, 2.45) is 11.5 Å². The van der Waals surface area contributed by atoms with Crippen molar-refractivity contribution >= 4 is 23.8 Å². The number of benzene rings is 3. The zero-order valence-electron chi connectivity index (χ0n) is 21.7. The minimum absolute atomic E-state index is 0.180. The SMILES string of the molecule is CC(=O)O.CCOc1ccccc1C(N)=O.CCOc1ccccc1C(N)=O.O=C(O)c1cc(O)ccc1O. The molecule has 0 aliphatic carbocycles. The molecule has 0 radical (unpaired) electrons. The van der Waals surface area contributed by atoms with Gasteiger partial charge in [-0.25, -0.2) is 4.79 Å². The van der Waals surface area contributed by atoms with Gasteiger partial charge in [0.2, 0.25) is 0 Å². The van der Waals surface area contributed by atoms with E-state index in [0.717, 1.165) is 19.1 Å². The molecule has 0 unspecified atom stereocenters. The van der Waals surface area contributed by atoms with Crippen molar-refractivity contribution in [3.63, 3.8) is 0 Å². The number of ether oxygens (including phenoxy) is 2. The topological polar surface area (TPSA) is 220 Å². The summed E-state index contributed by atoms with van der Waals surface area (Å²) in [5.41, 5.74) is 10.8. The molecule has 0 aliphatic heterocycles. The molecule has 3 aromatic rings. The number of carbonyl (C=O) groups is 4. The summed E-state index contributed by atoms with van der Waals surface area (Å²) in [6.45, 7) is 5.87. The molecule has 8 N–H and O–H groups in total. The first-order valence-corrected chi connectivity index (χ1v) is 11.3. The third-order valence-electron chi connectivity index (χ3n) is 4.12. The molecule has 0 bridgehead atoms. The lowest BCUT2D eigenvalue weighted by Crippen LogP contribution is -2.12. The number of carboxylic acids is 2. The van der Waals surface area contributed by atoms with Gasteiger partial charge in [-0.05, 0) is 56.3 Å². The van der Waals surface area contributed by atoms with Crippen LogP contribution in [0.4, 0.5) is 0 Å². The van der Waals surface area contributed by atoms with Crippen LogP contribution in [0.3, 0.4) is 0 Å². The maximum Gasteiger partial charge on any atom is 0.339 e. The standard InChI is InChI=1S/2C9H11NO2.C7H6O4.C2H4O2/c2*1-2-12-8-6-4-3-5-7(8)9(10)11;8-4-1-2-6(9)5(3-4)7(10)11;1-2(3)4/h2*3-6H,2H2,1H3,(H2,10,11);1-3,8-9H,(H,10,11);1H3,(H,3,4). The molecule has 0 aromatic heterocycles. The van der Waals surface area contributed by atoms with Gasteiger partial charge in [-0.15, -0.1) is 0 Å². The van der Waals surface area contributed by atoms with Gasteiger partial charge < -0.3 is 41.4 Å². The van der Waals surface area contributed by atoms with Crippen LogP contribution in [0.2, 0.25) is 0 Å². The van der Waals surface area contributed by atoms with Gasteiger partial charge in [-0.1, -0.05) is 24.3 Å². The summed E-state index contributed by atoms with van der Waals surface area (Å²) in [7, 11) is 0. The van der Waals surface area contributed by atoms with Crippen molar-refractivity contribution in [3.8, 4) is 23.0 Å². The van der Waals surface area contributed by atoms with E-state index in [2.05, 4.69) is 0 Å². The van der Waals surface area contributed by atoms with Gasteiger partial charge in [-0.2, -0.15) is 0 Å². The van der Waals surface area contributed by atoms with Crippen molar-refractivity contribution in [2.75, 3.05) is 13.2 Å². The summed E-state index contributed by atoms with van der Waals surface area (Å²) < 4.78 is 10.4. The molecule has 12 heteroatoms. The summed E-state index contributed by atoms with van der Waals surface area (Å²) in [4.78, 5) is 41.0. The van der Waals surface area contributed by atoms with Crippen LogP contribution in [0.15, 0.2) is 66.7 Å². The smallest absolute Gasteiger partial charge is 0.339 e. The first kappa shape index (κ1) is 33.7. The van der Waals surface area contributed by atoms with E-state index in [0.29, 0.717) is 35.8 Å². The highest BCUT2D eigenvalue weighted by molar-refractivity contribution is 5.96. The maximum absolute atomic E-state index is 10.8. The first-order chi connectivity index (χ1) is 18.3. The normalized spacial score (nSPS) is 9.10. The number of primary amides is 2. The van der Waals surface area contributed by atoms with Gasteiger partial charge in [0, 0.05) is 6.92 Å². The Hall–Kier alpha value is -5.26. The number of phenolic OH excluding ortho intramolecular Hbond substituents is 1. The van der Waals surface area contributed by atoms with Crippen LogP contribution in [-0.2, 0) is 4.79 Å². The number of amides is 2. The van der Waals surface area contributed by atoms with Gasteiger partial charge in [0.15, 0.2) is 0 Å². The number of hydrogen-bond acceptors (Lipinski definition) is 8. The lowest BCUT2D eigenvalue weighted by Gasteiger charge is -2.05. The summed E-state index contributed by atoms with van der Waals surface area (Å²) in [6, 6.07) is 17.2. The van der Waals surface area contributed by atoms with Crippen LogP contribution in [0.5, 0.6) is 23.0 Å². The summed E-state index contributed by atoms with van der Waals surface area (Å²) in [5, 5.41) is 33.6. The van der Waals surface area contributed by atoms with E-state index >= 15 is 0 Å². The molecule has 2 amide bonds. The average molecular weight is 545 g/mol. The van der Waals surface area contributed by atoms with Crippen molar-refractivity contribution in [1.29, 1.82) is 0 Å². The molecule has 0 spiro atoms. The van der Waals surface area contributed by atoms with Crippen molar-refractivity contribution < 1.29 is 49.1 Å². The van der Waals surface area contributed by atoms with Crippen molar-refractivity contribution in [1.82, 2.24) is 0 Å². The second kappa shape index (κ2) is 18.1. The van der Waals surface area contributed by atoms with Gasteiger partial charge in [0.05, 0.1) is 24.3 Å². The molecule has 0 heterocycles. The number of carboxylic acid groups (broad SMARTS) is 2. The third kappa shape index (κ3) is 13.6. The molecule has 210 valence electrons. The van der Waals surface area contributed by atoms with Crippen LogP contribution >= 0.6 is 0 Å². The highest BCUT2D eigenvalue weighted by Crippen LogP contribution is 2.21. The number of aromatic carboxylic acids is 1. The Morgan fingerprint density at radius 3 is 1.38 bits per heavy atom. The Kier molecular flexibility index (Phi) is 15.6. The van der Waals surface area contributed by atoms with Crippen molar-refractivity contribution in [2.45, 2.75) is 20.8 Å². The number of para-hydroxylation sites is 2. The molecule has 0 aliphatic rings. The fourth-order valence-corrected chi connectivity index (χ4v) is 2.60. The molecule has 0 saturated heterocycles. The number of aliphatic carboxylic acids is 1. The maximum atomic E-state index is 10.8. The predicted molar refractivity (Wildman–Crippen MR) is 142 cm³/mol. The van der Waals surface area contributed by atoms with Crippen LogP contribution in [0, 0.1) is 0 Å². The van der Waals surface area contributed by atoms with Crippen LogP contribution < -0.4 is 20.9 Å². The van der Waals surface area contributed by atoms with Gasteiger partial charge >= 0.3 is 5.97 Å². The first-order valence-electron chi connectivity index (χ1n) is 11.3. The Labute approximate surface area is 225 Å². The van der Waals surface area contributed by atoms with Crippen LogP contribution in [-0.4, -0.2) is 57.4 Å². The lowest BCUT2D eigenvalue weighted by molar-refractivity contribution is -0.134. The Morgan fingerprint density at radius 2 is 1.08 bits per heavy atom. The van der Waals surface area contributed by atoms with E-state index in [-0.39, 0.29) is 17.1 Å². The molecule has 39 heavy (non-hydrogen) atoms. The number of aromatic hydroxyl groups is 2. The second-order valence-electron chi connectivity index (χ2n) is 7.11. The molecular weight excluding hydrogens is 512 g/mol. The summed E-state index contributed by atoms with van der Waals surface area (Å²) in [5.74, 6) is -2.45. The van der Waals surface area contributed by atoms with Gasteiger partial charge in [0.25, 0.3) is 17.8 Å². The van der Waals surface area contributed by atoms with Crippen LogP contribution in [0.1, 0.15) is 51.8 Å². The zero-order valence-corrected chi connectivity index (χ0v) is 21.7. The average Bonchev–Trinajstić information content (AvgIpc) is 2.87. The molecule has 12 nitrogen and oxygen atoms in total. The fraction of sp³-hybridized carbons (Fsp3) is 0.185. The van der Waals surface area contributed by atoms with E-state index in [1.54, 1.807) is 48.5 Å². The van der Waals surface area contributed by atoms with E-state index in [1.807, 2.05) is 13.8 Å². The number of hydrogen-bond donors (Lipinski definition) is 6. The van der Waals surface area contributed by atoms with E-state index in [9.17, 15) is 14.4 Å². The number of carbonyl (C=O) groups excluding carboxylic acids is 2. The number of rotatable bonds is 7. The molecular formula is C27H32N2O10. The summed E-state index contributed by atoms with van der Waals surface area (Å²) in [6.07, 6.45) is 0. The van der Waals surface area contributed by atoms with Crippen molar-refractivity contribution in [3.05, 3.63) is 83.4 Å². The fourth-order valence-electron chi connectivity index (χ4n) is 2.60. The van der Waals surface area contributed by atoms with Gasteiger partial charge in [-0.3, -0.25) is 14.4 Å². The zero-order chi connectivity index (χ0) is 30.0. The van der Waals surface area contributed by atoms with Crippen LogP contribution in [0.25, 0.3) is 0 Å². The minimum atomic E-state index is -1.27. The van der Waals surface area contributed by atoms with Gasteiger partial charge in [0.1, 0.15) is 28.6 Å². The molecule has 0 atom stereocenters. The molecule has 0 saturated carbocycles. The Balaban J connectivity index is 0.000000520. The van der Waals surface area contributed by atoms with E-state index < -0.39 is 23.8 Å². The van der Waals surface area contributed by atoms with E-state index in [4.69, 9.17) is 46.2 Å². The highest BCUT2D eigenvalue weighted by atomic mass is 16.5. The summed E-state index contributed by atoms with van der Waals surface area (Å²) >= 11 is 0. The Morgan fingerprint density at radius 1 is 0.692 bits per heavy atom. The number of nitrogens with two attached hydrogens (primary N) is 2. The largest absolute Gasteiger partial charge is 0.508 e. The third-order valence-corrected chi connectivity index (χ3v) is 4.12. The highest BCUT2D eigenvalue weighted by Gasteiger charge is 2.09. The monoisotopic (exact) mass is 544 g/mol. The molecule has 3 aromatic carbocycles. The molecule has 0 fully saturated rings. The number of phenols is 2. The lowest BCUT2D eigenvalue weighted by atomic mass is 10.2. The van der Waals surface area contributed by atoms with E-state index in [1.165, 1.54) is 6.07 Å². The molecule has 3 rings (SSSR count). The Bertz CT molecular complexity index is 1180. The quantitative estimate of drug-likeness (QED) is 0.238.